The van der Waals surface area contributed by atoms with Gasteiger partial charge in [-0.1, -0.05) is 18.9 Å². The van der Waals surface area contributed by atoms with Gasteiger partial charge in [0.25, 0.3) is 0 Å². The van der Waals surface area contributed by atoms with Crippen LogP contribution in [0.2, 0.25) is 0 Å². The Bertz CT molecular complexity index is 395. The number of nitrogens with zero attached hydrogens (tertiary/aromatic N) is 3. The molecule has 104 valence electrons. The van der Waals surface area contributed by atoms with Crippen LogP contribution in [0.3, 0.4) is 0 Å². The number of hydrogen-bond acceptors (Lipinski definition) is 4. The van der Waals surface area contributed by atoms with Crippen LogP contribution in [0.15, 0.2) is 24.4 Å². The number of piperazine rings is 1. The minimum Gasteiger partial charge on any atom is -0.389 e. The molecule has 0 amide bonds. The Hall–Kier alpha value is -1.13. The lowest BCUT2D eigenvalue weighted by atomic mass is 10.0. The molecule has 4 nitrogen and oxygen atoms in total. The lowest BCUT2D eigenvalue weighted by Gasteiger charge is -2.38. The van der Waals surface area contributed by atoms with Crippen molar-refractivity contribution in [1.82, 2.24) is 9.88 Å². The summed E-state index contributed by atoms with van der Waals surface area (Å²) in [5.74, 6) is 1.07. The van der Waals surface area contributed by atoms with E-state index in [9.17, 15) is 5.11 Å². The molecule has 2 aliphatic rings. The van der Waals surface area contributed by atoms with Crippen LogP contribution in [-0.4, -0.2) is 53.3 Å². The summed E-state index contributed by atoms with van der Waals surface area (Å²) in [5.41, 5.74) is -0.410. The molecule has 4 heteroatoms. The van der Waals surface area contributed by atoms with E-state index in [4.69, 9.17) is 0 Å². The average molecular weight is 261 g/mol. The van der Waals surface area contributed by atoms with E-state index in [0.717, 1.165) is 51.4 Å². The van der Waals surface area contributed by atoms with Crippen molar-refractivity contribution in [3.63, 3.8) is 0 Å². The van der Waals surface area contributed by atoms with Gasteiger partial charge in [-0.05, 0) is 25.0 Å². The molecular formula is C15H23N3O. The van der Waals surface area contributed by atoms with Crippen molar-refractivity contribution in [3.8, 4) is 0 Å². The molecule has 2 fully saturated rings. The van der Waals surface area contributed by atoms with Crippen LogP contribution >= 0.6 is 0 Å². The van der Waals surface area contributed by atoms with Crippen molar-refractivity contribution in [3.05, 3.63) is 24.4 Å². The molecule has 1 aliphatic heterocycles. The van der Waals surface area contributed by atoms with Gasteiger partial charge in [-0.2, -0.15) is 0 Å². The summed E-state index contributed by atoms with van der Waals surface area (Å²) in [4.78, 5) is 9.14. The fourth-order valence-corrected chi connectivity index (χ4v) is 3.28. The monoisotopic (exact) mass is 261 g/mol. The van der Waals surface area contributed by atoms with E-state index in [-0.39, 0.29) is 0 Å². The minimum absolute atomic E-state index is 0.410. The maximum absolute atomic E-state index is 10.5. The van der Waals surface area contributed by atoms with Crippen LogP contribution in [0.1, 0.15) is 25.7 Å². The summed E-state index contributed by atoms with van der Waals surface area (Å²) in [6, 6.07) is 6.06. The van der Waals surface area contributed by atoms with E-state index in [1.807, 2.05) is 18.3 Å². The Morgan fingerprint density at radius 1 is 1.11 bits per heavy atom. The van der Waals surface area contributed by atoms with Crippen molar-refractivity contribution >= 4 is 5.82 Å². The second kappa shape index (κ2) is 5.47. The van der Waals surface area contributed by atoms with E-state index in [1.165, 1.54) is 12.8 Å². The molecule has 0 spiro atoms. The third-order valence-corrected chi connectivity index (χ3v) is 4.40. The summed E-state index contributed by atoms with van der Waals surface area (Å²) in [7, 11) is 0. The quantitative estimate of drug-likeness (QED) is 0.895. The zero-order chi connectivity index (χ0) is 13.1. The summed E-state index contributed by atoms with van der Waals surface area (Å²) < 4.78 is 0. The van der Waals surface area contributed by atoms with Gasteiger partial charge in [-0.3, -0.25) is 4.90 Å². The number of β-amino-alcohol motifs (C(OH)–C–C–N with tert-alkyl or cyclic N) is 1. The van der Waals surface area contributed by atoms with Crippen molar-refractivity contribution < 1.29 is 5.11 Å². The largest absolute Gasteiger partial charge is 0.389 e. The van der Waals surface area contributed by atoms with Crippen LogP contribution in [0.4, 0.5) is 5.82 Å². The molecular weight excluding hydrogens is 238 g/mol. The predicted octanol–water partition coefficient (Wildman–Crippen LogP) is 1.51. The molecule has 19 heavy (non-hydrogen) atoms. The lowest BCUT2D eigenvalue weighted by Crippen LogP contribution is -2.51. The molecule has 0 bridgehead atoms. The summed E-state index contributed by atoms with van der Waals surface area (Å²) in [6.45, 7) is 4.92. The highest BCUT2D eigenvalue weighted by molar-refractivity contribution is 5.38. The molecule has 1 aromatic rings. The van der Waals surface area contributed by atoms with Crippen LogP contribution in [-0.2, 0) is 0 Å². The van der Waals surface area contributed by atoms with Gasteiger partial charge in [0.2, 0.25) is 0 Å². The van der Waals surface area contributed by atoms with E-state index in [1.54, 1.807) is 0 Å². The van der Waals surface area contributed by atoms with Gasteiger partial charge in [-0.15, -0.1) is 0 Å². The predicted molar refractivity (Wildman–Crippen MR) is 76.3 cm³/mol. The number of aliphatic hydroxyl groups is 1. The molecule has 1 aromatic heterocycles. The number of hydrogen-bond donors (Lipinski definition) is 1. The second-order valence-corrected chi connectivity index (χ2v) is 5.88. The van der Waals surface area contributed by atoms with E-state index in [2.05, 4.69) is 20.9 Å². The zero-order valence-electron chi connectivity index (χ0n) is 11.5. The van der Waals surface area contributed by atoms with Crippen molar-refractivity contribution in [1.29, 1.82) is 0 Å². The maximum atomic E-state index is 10.5. The highest BCUT2D eigenvalue weighted by Crippen LogP contribution is 2.30. The van der Waals surface area contributed by atoms with Gasteiger partial charge in [0.05, 0.1) is 5.60 Å². The highest BCUT2D eigenvalue weighted by atomic mass is 16.3. The molecule has 1 aliphatic carbocycles. The van der Waals surface area contributed by atoms with Crippen LogP contribution in [0, 0.1) is 0 Å². The van der Waals surface area contributed by atoms with Gasteiger partial charge in [-0.25, -0.2) is 4.98 Å². The first-order valence-electron chi connectivity index (χ1n) is 7.36. The van der Waals surface area contributed by atoms with Crippen molar-refractivity contribution in [2.75, 3.05) is 37.6 Å². The molecule has 0 unspecified atom stereocenters. The lowest BCUT2D eigenvalue weighted by molar-refractivity contribution is 0.00800. The first-order chi connectivity index (χ1) is 9.25. The van der Waals surface area contributed by atoms with E-state index < -0.39 is 5.60 Å². The Labute approximate surface area is 115 Å². The topological polar surface area (TPSA) is 39.6 Å². The minimum atomic E-state index is -0.410. The second-order valence-electron chi connectivity index (χ2n) is 5.88. The summed E-state index contributed by atoms with van der Waals surface area (Å²) >= 11 is 0. The normalized spacial score (nSPS) is 23.7. The molecule has 2 heterocycles. The number of anilines is 1. The van der Waals surface area contributed by atoms with E-state index >= 15 is 0 Å². The maximum Gasteiger partial charge on any atom is 0.128 e. The first-order valence-corrected chi connectivity index (χ1v) is 7.36. The third-order valence-electron chi connectivity index (χ3n) is 4.40. The molecule has 0 radical (unpaired) electrons. The summed E-state index contributed by atoms with van der Waals surface area (Å²) in [5, 5.41) is 10.5. The van der Waals surface area contributed by atoms with Gasteiger partial charge in [0.1, 0.15) is 5.82 Å². The molecule has 1 saturated carbocycles. The third kappa shape index (κ3) is 3.07. The average Bonchev–Trinajstić information content (AvgIpc) is 2.87. The van der Waals surface area contributed by atoms with Gasteiger partial charge < -0.3 is 10.0 Å². The Morgan fingerprint density at radius 2 is 1.84 bits per heavy atom. The number of rotatable bonds is 3. The zero-order valence-corrected chi connectivity index (χ0v) is 11.5. The van der Waals surface area contributed by atoms with Gasteiger partial charge in [0.15, 0.2) is 0 Å². The summed E-state index contributed by atoms with van der Waals surface area (Å²) in [6.07, 6.45) is 6.18. The molecule has 0 atom stereocenters. The standard InChI is InChI=1S/C15H23N3O/c19-15(6-2-3-7-15)13-17-9-11-18(12-10-17)14-5-1-4-8-16-14/h1,4-5,8,19H,2-3,6-7,9-13H2. The van der Waals surface area contributed by atoms with Gasteiger partial charge in [0, 0.05) is 38.9 Å². The Balaban J connectivity index is 1.52. The Kier molecular flexibility index (Phi) is 3.71. The fourth-order valence-electron chi connectivity index (χ4n) is 3.28. The van der Waals surface area contributed by atoms with Crippen molar-refractivity contribution in [2.24, 2.45) is 0 Å². The first kappa shape index (κ1) is 12.9. The molecule has 0 aromatic carbocycles. The van der Waals surface area contributed by atoms with Crippen molar-refractivity contribution in [2.45, 2.75) is 31.3 Å². The number of aromatic nitrogens is 1. The van der Waals surface area contributed by atoms with Crippen LogP contribution in [0.5, 0.6) is 0 Å². The molecule has 1 saturated heterocycles. The van der Waals surface area contributed by atoms with Crippen LogP contribution < -0.4 is 4.90 Å². The highest BCUT2D eigenvalue weighted by Gasteiger charge is 2.33. The smallest absolute Gasteiger partial charge is 0.128 e. The molecule has 1 N–H and O–H groups in total. The van der Waals surface area contributed by atoms with E-state index in [0.29, 0.717) is 0 Å². The fraction of sp³-hybridized carbons (Fsp3) is 0.667. The van der Waals surface area contributed by atoms with Crippen LogP contribution in [0.25, 0.3) is 0 Å². The SMILES string of the molecule is OC1(CN2CCN(c3ccccn3)CC2)CCCC1. The molecule has 3 rings (SSSR count). The Morgan fingerprint density at radius 3 is 2.47 bits per heavy atom. The van der Waals surface area contributed by atoms with Gasteiger partial charge >= 0.3 is 0 Å². The number of pyridine rings is 1.